The van der Waals surface area contributed by atoms with Gasteiger partial charge < -0.3 is 11.1 Å². The van der Waals surface area contributed by atoms with Crippen LogP contribution in [-0.4, -0.2) is 17.5 Å². The fourth-order valence-electron chi connectivity index (χ4n) is 0.993. The highest BCUT2D eigenvalue weighted by Gasteiger charge is 2.29. The lowest BCUT2D eigenvalue weighted by Crippen LogP contribution is -2.55. The van der Waals surface area contributed by atoms with Crippen LogP contribution in [0, 0.1) is 0 Å². The molecule has 2 atom stereocenters. The Morgan fingerprint density at radius 1 is 1.58 bits per heavy atom. The van der Waals surface area contributed by atoms with Gasteiger partial charge in [-0.15, -0.1) is 0 Å². The van der Waals surface area contributed by atoms with Crippen molar-refractivity contribution in [2.45, 2.75) is 52.1 Å². The normalized spacial score (nSPS) is 18.3. The second-order valence-electron chi connectivity index (χ2n) is 3.50. The number of amides is 1. The standard InChI is InChI=1S/C9H20N2O/c1-5-7(3)11-9(4,6-2)8(10)12/h7,11H,5-6H2,1-4H3,(H2,10,12). The van der Waals surface area contributed by atoms with E-state index >= 15 is 0 Å². The summed E-state index contributed by atoms with van der Waals surface area (Å²) in [6.45, 7) is 7.94. The summed E-state index contributed by atoms with van der Waals surface area (Å²) < 4.78 is 0. The highest BCUT2D eigenvalue weighted by Crippen LogP contribution is 2.10. The van der Waals surface area contributed by atoms with Crippen molar-refractivity contribution in [2.75, 3.05) is 0 Å². The zero-order valence-electron chi connectivity index (χ0n) is 8.48. The number of rotatable bonds is 5. The van der Waals surface area contributed by atoms with Crippen LogP contribution in [-0.2, 0) is 4.79 Å². The Morgan fingerprint density at radius 3 is 2.33 bits per heavy atom. The Morgan fingerprint density at radius 2 is 2.08 bits per heavy atom. The zero-order valence-corrected chi connectivity index (χ0v) is 8.48. The van der Waals surface area contributed by atoms with Gasteiger partial charge in [0.25, 0.3) is 0 Å². The first-order valence-electron chi connectivity index (χ1n) is 4.53. The molecule has 0 aromatic heterocycles. The maximum absolute atomic E-state index is 11.1. The molecular weight excluding hydrogens is 152 g/mol. The van der Waals surface area contributed by atoms with Gasteiger partial charge in [0.2, 0.25) is 5.91 Å². The summed E-state index contributed by atoms with van der Waals surface area (Å²) in [5, 5.41) is 3.22. The van der Waals surface area contributed by atoms with E-state index in [0.29, 0.717) is 6.04 Å². The Hall–Kier alpha value is -0.570. The van der Waals surface area contributed by atoms with Crippen LogP contribution < -0.4 is 11.1 Å². The molecule has 12 heavy (non-hydrogen) atoms. The van der Waals surface area contributed by atoms with Crippen molar-refractivity contribution in [3.63, 3.8) is 0 Å². The molecule has 3 nitrogen and oxygen atoms in total. The van der Waals surface area contributed by atoms with Crippen LogP contribution in [0.2, 0.25) is 0 Å². The van der Waals surface area contributed by atoms with E-state index in [1.807, 2.05) is 13.8 Å². The van der Waals surface area contributed by atoms with Crippen LogP contribution in [0.3, 0.4) is 0 Å². The Balaban J connectivity index is 4.23. The first-order valence-corrected chi connectivity index (χ1v) is 4.53. The van der Waals surface area contributed by atoms with Gasteiger partial charge in [0.1, 0.15) is 0 Å². The smallest absolute Gasteiger partial charge is 0.237 e. The molecule has 3 heteroatoms. The number of nitrogens with two attached hydrogens (primary N) is 1. The van der Waals surface area contributed by atoms with E-state index in [4.69, 9.17) is 5.73 Å². The maximum atomic E-state index is 11.1. The molecule has 0 radical (unpaired) electrons. The number of carbonyl (C=O) groups excluding carboxylic acids is 1. The number of primary amides is 1. The van der Waals surface area contributed by atoms with Gasteiger partial charge in [-0.2, -0.15) is 0 Å². The van der Waals surface area contributed by atoms with Gasteiger partial charge in [0, 0.05) is 6.04 Å². The summed E-state index contributed by atoms with van der Waals surface area (Å²) in [6.07, 6.45) is 1.73. The van der Waals surface area contributed by atoms with Gasteiger partial charge in [-0.25, -0.2) is 0 Å². The summed E-state index contributed by atoms with van der Waals surface area (Å²) in [6, 6.07) is 0.336. The van der Waals surface area contributed by atoms with Crippen LogP contribution in [0.15, 0.2) is 0 Å². The molecule has 0 aromatic rings. The molecule has 0 aliphatic carbocycles. The Labute approximate surface area is 74.7 Å². The van der Waals surface area contributed by atoms with Crippen molar-refractivity contribution in [2.24, 2.45) is 5.73 Å². The van der Waals surface area contributed by atoms with E-state index in [0.717, 1.165) is 12.8 Å². The molecule has 2 unspecified atom stereocenters. The molecule has 0 saturated carbocycles. The largest absolute Gasteiger partial charge is 0.368 e. The van der Waals surface area contributed by atoms with Gasteiger partial charge in [-0.3, -0.25) is 4.79 Å². The van der Waals surface area contributed by atoms with E-state index in [-0.39, 0.29) is 5.91 Å². The molecule has 0 saturated heterocycles. The first kappa shape index (κ1) is 11.4. The third kappa shape index (κ3) is 2.81. The summed E-state index contributed by atoms with van der Waals surface area (Å²) in [5.74, 6) is -0.273. The highest BCUT2D eigenvalue weighted by molar-refractivity contribution is 5.84. The van der Waals surface area contributed by atoms with Crippen LogP contribution in [0.1, 0.15) is 40.5 Å². The van der Waals surface area contributed by atoms with Gasteiger partial charge >= 0.3 is 0 Å². The second kappa shape index (κ2) is 4.45. The Kier molecular flexibility index (Phi) is 4.24. The van der Waals surface area contributed by atoms with Crippen molar-refractivity contribution >= 4 is 5.91 Å². The van der Waals surface area contributed by atoms with Crippen LogP contribution >= 0.6 is 0 Å². The zero-order chi connectivity index (χ0) is 9.78. The minimum absolute atomic E-state index is 0.273. The minimum atomic E-state index is -0.546. The highest BCUT2D eigenvalue weighted by atomic mass is 16.1. The summed E-state index contributed by atoms with van der Waals surface area (Å²) in [5.41, 5.74) is 4.74. The van der Waals surface area contributed by atoms with E-state index in [2.05, 4.69) is 19.2 Å². The molecule has 1 amide bonds. The van der Waals surface area contributed by atoms with Crippen molar-refractivity contribution < 1.29 is 4.79 Å². The molecule has 0 aliphatic heterocycles. The van der Waals surface area contributed by atoms with Gasteiger partial charge in [-0.05, 0) is 26.7 Å². The summed E-state index contributed by atoms with van der Waals surface area (Å²) >= 11 is 0. The average Bonchev–Trinajstić information content (AvgIpc) is 2.03. The fraction of sp³-hybridized carbons (Fsp3) is 0.889. The predicted octanol–water partition coefficient (Wildman–Crippen LogP) is 1.03. The van der Waals surface area contributed by atoms with Gasteiger partial charge in [0.15, 0.2) is 0 Å². The van der Waals surface area contributed by atoms with Crippen molar-refractivity contribution in [1.82, 2.24) is 5.32 Å². The molecular formula is C9H20N2O. The maximum Gasteiger partial charge on any atom is 0.237 e. The molecule has 72 valence electrons. The minimum Gasteiger partial charge on any atom is -0.368 e. The number of hydrogen-bond acceptors (Lipinski definition) is 2. The van der Waals surface area contributed by atoms with Gasteiger partial charge in [-0.1, -0.05) is 13.8 Å². The lowest BCUT2D eigenvalue weighted by molar-refractivity contribution is -0.124. The van der Waals surface area contributed by atoms with Crippen LogP contribution in [0.4, 0.5) is 0 Å². The summed E-state index contributed by atoms with van der Waals surface area (Å²) in [7, 11) is 0. The monoisotopic (exact) mass is 172 g/mol. The second-order valence-corrected chi connectivity index (χ2v) is 3.50. The summed E-state index contributed by atoms with van der Waals surface area (Å²) in [4.78, 5) is 11.1. The first-order chi connectivity index (χ1) is 5.46. The quantitative estimate of drug-likeness (QED) is 0.650. The van der Waals surface area contributed by atoms with Crippen molar-refractivity contribution in [3.8, 4) is 0 Å². The van der Waals surface area contributed by atoms with Crippen molar-refractivity contribution in [3.05, 3.63) is 0 Å². The van der Waals surface area contributed by atoms with Gasteiger partial charge in [0.05, 0.1) is 5.54 Å². The molecule has 0 aliphatic rings. The lowest BCUT2D eigenvalue weighted by Gasteiger charge is -2.29. The Bertz CT molecular complexity index is 159. The van der Waals surface area contributed by atoms with E-state index in [9.17, 15) is 4.79 Å². The predicted molar refractivity (Wildman–Crippen MR) is 50.8 cm³/mol. The van der Waals surface area contributed by atoms with E-state index in [1.54, 1.807) is 0 Å². The molecule has 0 fully saturated rings. The molecule has 0 aromatic carbocycles. The molecule has 0 spiro atoms. The van der Waals surface area contributed by atoms with Crippen LogP contribution in [0.5, 0.6) is 0 Å². The van der Waals surface area contributed by atoms with E-state index in [1.165, 1.54) is 0 Å². The lowest BCUT2D eigenvalue weighted by atomic mass is 9.96. The van der Waals surface area contributed by atoms with Crippen molar-refractivity contribution in [1.29, 1.82) is 0 Å². The molecule has 0 heterocycles. The molecule has 0 bridgehead atoms. The molecule has 0 rings (SSSR count). The average molecular weight is 172 g/mol. The molecule has 3 N–H and O–H groups in total. The fourth-order valence-corrected chi connectivity index (χ4v) is 0.993. The van der Waals surface area contributed by atoms with Crippen LogP contribution in [0.25, 0.3) is 0 Å². The van der Waals surface area contributed by atoms with E-state index < -0.39 is 5.54 Å². The third-order valence-electron chi connectivity index (χ3n) is 2.43. The third-order valence-corrected chi connectivity index (χ3v) is 2.43. The number of nitrogens with one attached hydrogen (secondary N) is 1. The number of hydrogen-bond donors (Lipinski definition) is 2. The SMILES string of the molecule is CCC(C)NC(C)(CC)C(N)=O. The number of carbonyl (C=O) groups is 1. The topological polar surface area (TPSA) is 55.1 Å².